The van der Waals surface area contributed by atoms with Gasteiger partial charge in [0.2, 0.25) is 0 Å². The minimum atomic E-state index is -4.47. The number of carbonyl (C=O) groups excluding carboxylic acids is 2. The molecule has 0 aliphatic carbocycles. The summed E-state index contributed by atoms with van der Waals surface area (Å²) in [4.78, 5) is 22.2. The maximum atomic E-state index is 12.3. The van der Waals surface area contributed by atoms with Crippen LogP contribution in [0.2, 0.25) is 0 Å². The van der Waals surface area contributed by atoms with Gasteiger partial charge in [0.25, 0.3) is 5.78 Å². The van der Waals surface area contributed by atoms with Crippen LogP contribution in [-0.4, -0.2) is 18.9 Å². The Balaban J connectivity index is 2.92. The van der Waals surface area contributed by atoms with Crippen molar-refractivity contribution in [1.82, 2.24) is 0 Å². The predicted molar refractivity (Wildman–Crippen MR) is 57.1 cm³/mol. The van der Waals surface area contributed by atoms with E-state index < -0.39 is 28.9 Å². The fourth-order valence-corrected chi connectivity index (χ4v) is 1.43. The number of Topliss-reactive ketones (excluding diaryl/α,β-unsaturated/α-hetero) is 1. The SMILES string of the molecule is COC(=O)C(=O)C(Cl)c1ccc(C(F)(F)F)cc1. The maximum absolute atomic E-state index is 12.3. The Morgan fingerprint density at radius 1 is 1.22 bits per heavy atom. The highest BCUT2D eigenvalue weighted by Gasteiger charge is 2.31. The zero-order valence-corrected chi connectivity index (χ0v) is 9.88. The number of esters is 1. The summed E-state index contributed by atoms with van der Waals surface area (Å²) in [7, 11) is 1.01. The number of halogens is 4. The van der Waals surface area contributed by atoms with E-state index in [2.05, 4.69) is 4.74 Å². The van der Waals surface area contributed by atoms with Gasteiger partial charge in [0, 0.05) is 0 Å². The molecule has 3 nitrogen and oxygen atoms in total. The number of ketones is 1. The van der Waals surface area contributed by atoms with Gasteiger partial charge >= 0.3 is 12.1 Å². The molecule has 0 aromatic heterocycles. The largest absolute Gasteiger partial charge is 0.463 e. The fraction of sp³-hybridized carbons (Fsp3) is 0.273. The molecule has 0 fully saturated rings. The van der Waals surface area contributed by atoms with E-state index >= 15 is 0 Å². The van der Waals surface area contributed by atoms with Gasteiger partial charge in [0.05, 0.1) is 12.7 Å². The lowest BCUT2D eigenvalue weighted by Gasteiger charge is -2.10. The van der Waals surface area contributed by atoms with Crippen molar-refractivity contribution in [2.45, 2.75) is 11.6 Å². The third-order valence-corrected chi connectivity index (χ3v) is 2.60. The fourth-order valence-electron chi connectivity index (χ4n) is 1.20. The van der Waals surface area contributed by atoms with E-state index in [9.17, 15) is 22.8 Å². The molecule has 0 amide bonds. The average Bonchev–Trinajstić information content (AvgIpc) is 2.35. The van der Waals surface area contributed by atoms with Crippen LogP contribution in [-0.2, 0) is 20.5 Å². The van der Waals surface area contributed by atoms with Crippen molar-refractivity contribution in [3.05, 3.63) is 35.4 Å². The van der Waals surface area contributed by atoms with Gasteiger partial charge in [-0.2, -0.15) is 13.2 Å². The van der Waals surface area contributed by atoms with Crippen LogP contribution in [0.1, 0.15) is 16.5 Å². The molecular formula is C11H8ClF3O3. The molecule has 0 spiro atoms. The lowest BCUT2D eigenvalue weighted by Crippen LogP contribution is -2.20. The Morgan fingerprint density at radius 2 is 1.72 bits per heavy atom. The zero-order valence-electron chi connectivity index (χ0n) is 9.12. The van der Waals surface area contributed by atoms with Gasteiger partial charge in [-0.1, -0.05) is 12.1 Å². The molecule has 18 heavy (non-hydrogen) atoms. The summed E-state index contributed by atoms with van der Waals surface area (Å²) in [6, 6.07) is 3.66. The molecule has 7 heteroatoms. The summed E-state index contributed by atoms with van der Waals surface area (Å²) in [5.74, 6) is -2.17. The van der Waals surface area contributed by atoms with E-state index in [0.717, 1.165) is 31.4 Å². The van der Waals surface area contributed by atoms with Crippen LogP contribution in [0.25, 0.3) is 0 Å². The first-order valence-electron chi connectivity index (χ1n) is 4.70. The van der Waals surface area contributed by atoms with Gasteiger partial charge in [-0.25, -0.2) is 4.79 Å². The molecule has 1 unspecified atom stereocenters. The Labute approximate surface area is 105 Å². The van der Waals surface area contributed by atoms with Gasteiger partial charge in [0.15, 0.2) is 0 Å². The van der Waals surface area contributed by atoms with E-state index in [0.29, 0.717) is 0 Å². The van der Waals surface area contributed by atoms with Crippen LogP contribution >= 0.6 is 11.6 Å². The molecule has 0 radical (unpaired) electrons. The van der Waals surface area contributed by atoms with E-state index in [1.165, 1.54) is 0 Å². The van der Waals surface area contributed by atoms with Crippen molar-refractivity contribution in [1.29, 1.82) is 0 Å². The smallest absolute Gasteiger partial charge is 0.416 e. The number of alkyl halides is 4. The quantitative estimate of drug-likeness (QED) is 0.486. The van der Waals surface area contributed by atoms with Gasteiger partial charge in [-0.05, 0) is 17.7 Å². The summed E-state index contributed by atoms with van der Waals surface area (Å²) >= 11 is 5.67. The second-order valence-electron chi connectivity index (χ2n) is 3.34. The third kappa shape index (κ3) is 3.22. The van der Waals surface area contributed by atoms with Crippen LogP contribution in [0.5, 0.6) is 0 Å². The van der Waals surface area contributed by atoms with Crippen LogP contribution in [0.4, 0.5) is 13.2 Å². The zero-order chi connectivity index (χ0) is 13.9. The summed E-state index contributed by atoms with van der Waals surface area (Å²) in [5.41, 5.74) is -0.763. The monoisotopic (exact) mass is 280 g/mol. The molecule has 1 rings (SSSR count). The first kappa shape index (κ1) is 14.5. The average molecular weight is 281 g/mol. The molecule has 0 aliphatic heterocycles. The Kier molecular flexibility index (Phi) is 4.34. The van der Waals surface area contributed by atoms with Crippen molar-refractivity contribution >= 4 is 23.4 Å². The highest BCUT2D eigenvalue weighted by Crippen LogP contribution is 2.31. The third-order valence-electron chi connectivity index (χ3n) is 2.15. The molecule has 98 valence electrons. The summed E-state index contributed by atoms with van der Waals surface area (Å²) in [6.45, 7) is 0. The van der Waals surface area contributed by atoms with Gasteiger partial charge < -0.3 is 4.74 Å². The minimum absolute atomic E-state index is 0.0973. The standard InChI is InChI=1S/C11H8ClF3O3/c1-18-10(17)9(16)8(12)6-2-4-7(5-3-6)11(13,14)15/h2-5,8H,1H3. The molecule has 0 aliphatic rings. The molecule has 0 heterocycles. The summed E-state index contributed by atoms with van der Waals surface area (Å²) in [6.07, 6.45) is -4.47. The number of rotatable bonds is 3. The number of carbonyl (C=O) groups is 2. The Hall–Kier alpha value is -1.56. The van der Waals surface area contributed by atoms with Crippen LogP contribution in [0, 0.1) is 0 Å². The molecule has 0 bridgehead atoms. The minimum Gasteiger partial charge on any atom is -0.463 e. The lowest BCUT2D eigenvalue weighted by molar-refractivity contribution is -0.151. The normalized spacial score (nSPS) is 12.9. The molecule has 0 saturated heterocycles. The number of hydrogen-bond donors (Lipinski definition) is 0. The first-order chi connectivity index (χ1) is 8.27. The van der Waals surface area contributed by atoms with E-state index in [1.54, 1.807) is 0 Å². The van der Waals surface area contributed by atoms with Crippen molar-refractivity contribution in [2.75, 3.05) is 7.11 Å². The van der Waals surface area contributed by atoms with Crippen molar-refractivity contribution < 1.29 is 27.5 Å². The maximum Gasteiger partial charge on any atom is 0.416 e. The second kappa shape index (κ2) is 5.39. The number of methoxy groups -OCH3 is 1. The van der Waals surface area contributed by atoms with Crippen LogP contribution in [0.15, 0.2) is 24.3 Å². The van der Waals surface area contributed by atoms with Crippen LogP contribution < -0.4 is 0 Å². The van der Waals surface area contributed by atoms with Gasteiger partial charge in [0.1, 0.15) is 5.38 Å². The highest BCUT2D eigenvalue weighted by atomic mass is 35.5. The summed E-state index contributed by atoms with van der Waals surface area (Å²) in [5, 5.41) is -1.36. The lowest BCUT2D eigenvalue weighted by atomic mass is 10.1. The van der Waals surface area contributed by atoms with Crippen molar-refractivity contribution in [3.63, 3.8) is 0 Å². The van der Waals surface area contributed by atoms with Crippen molar-refractivity contribution in [3.8, 4) is 0 Å². The highest BCUT2D eigenvalue weighted by molar-refractivity contribution is 6.47. The topological polar surface area (TPSA) is 43.4 Å². The number of benzene rings is 1. The summed E-state index contributed by atoms with van der Waals surface area (Å²) < 4.78 is 41.0. The Morgan fingerprint density at radius 3 is 2.11 bits per heavy atom. The molecule has 1 atom stereocenters. The van der Waals surface area contributed by atoms with E-state index in [1.807, 2.05) is 0 Å². The van der Waals surface area contributed by atoms with Crippen LogP contribution in [0.3, 0.4) is 0 Å². The van der Waals surface area contributed by atoms with Gasteiger partial charge in [-0.3, -0.25) is 4.79 Å². The predicted octanol–water partition coefficient (Wildman–Crippen LogP) is 2.73. The number of ether oxygens (including phenoxy) is 1. The molecule has 1 aromatic carbocycles. The second-order valence-corrected chi connectivity index (χ2v) is 3.77. The van der Waals surface area contributed by atoms with E-state index in [4.69, 9.17) is 11.6 Å². The van der Waals surface area contributed by atoms with Crippen molar-refractivity contribution in [2.24, 2.45) is 0 Å². The van der Waals surface area contributed by atoms with Gasteiger partial charge in [-0.15, -0.1) is 11.6 Å². The first-order valence-corrected chi connectivity index (χ1v) is 5.14. The number of hydrogen-bond acceptors (Lipinski definition) is 3. The molecular weight excluding hydrogens is 273 g/mol. The van der Waals surface area contributed by atoms with E-state index in [-0.39, 0.29) is 5.56 Å². The molecule has 1 aromatic rings. The Bertz CT molecular complexity index is 454. The molecule has 0 N–H and O–H groups in total. The molecule has 0 saturated carbocycles.